The first kappa shape index (κ1) is 19.9. The van der Waals surface area contributed by atoms with E-state index in [-0.39, 0.29) is 12.0 Å². The molecule has 0 radical (unpaired) electrons. The third-order valence-electron chi connectivity index (χ3n) is 4.29. The van der Waals surface area contributed by atoms with Crippen molar-refractivity contribution in [3.63, 3.8) is 0 Å². The van der Waals surface area contributed by atoms with Crippen molar-refractivity contribution < 1.29 is 22.7 Å². The van der Waals surface area contributed by atoms with Crippen LogP contribution in [0.15, 0.2) is 53.6 Å². The molecule has 1 aliphatic heterocycles. The Hall–Kier alpha value is -2.87. The lowest BCUT2D eigenvalue weighted by molar-refractivity contribution is -0.137. The molecular formula is C20H20F3N3O2. The van der Waals surface area contributed by atoms with Gasteiger partial charge in [-0.2, -0.15) is 18.3 Å². The number of morpholine rings is 1. The number of nitrogens with one attached hydrogen (secondary N) is 1. The second-order valence-corrected chi connectivity index (χ2v) is 6.36. The maximum absolute atomic E-state index is 12.7. The highest BCUT2D eigenvalue weighted by Crippen LogP contribution is 2.29. The Morgan fingerprint density at radius 2 is 1.86 bits per heavy atom. The standard InChI is InChI=1S/C20H20F3N3O2/c21-20(22,23)17-3-1-2-16(12-17)13-19(27)25-24-14-15-4-6-18(7-5-15)26-8-10-28-11-9-26/h1-7,12,14H,8-11,13H2,(H,25,27)/b24-14+. The summed E-state index contributed by atoms with van der Waals surface area (Å²) in [5.41, 5.74) is 3.73. The van der Waals surface area contributed by atoms with Gasteiger partial charge in [-0.25, -0.2) is 5.43 Å². The summed E-state index contributed by atoms with van der Waals surface area (Å²) in [7, 11) is 0. The van der Waals surface area contributed by atoms with E-state index in [0.29, 0.717) is 13.2 Å². The fraction of sp³-hybridized carbons (Fsp3) is 0.300. The third kappa shape index (κ3) is 5.56. The topological polar surface area (TPSA) is 53.9 Å². The maximum Gasteiger partial charge on any atom is 0.416 e. The molecule has 2 aromatic rings. The van der Waals surface area contributed by atoms with E-state index in [1.807, 2.05) is 24.3 Å². The lowest BCUT2D eigenvalue weighted by atomic mass is 10.1. The molecule has 0 aromatic heterocycles. The quantitative estimate of drug-likeness (QED) is 0.629. The minimum absolute atomic E-state index is 0.183. The van der Waals surface area contributed by atoms with Gasteiger partial charge in [0.25, 0.3) is 0 Å². The van der Waals surface area contributed by atoms with Crippen LogP contribution in [0.25, 0.3) is 0 Å². The maximum atomic E-state index is 12.7. The number of nitrogens with zero attached hydrogens (tertiary/aromatic N) is 2. The Morgan fingerprint density at radius 3 is 2.54 bits per heavy atom. The minimum atomic E-state index is -4.43. The first-order valence-electron chi connectivity index (χ1n) is 8.82. The number of alkyl halides is 3. The Bertz CT molecular complexity index is 829. The van der Waals surface area contributed by atoms with Crippen LogP contribution in [0.1, 0.15) is 16.7 Å². The SMILES string of the molecule is O=C(Cc1cccc(C(F)(F)F)c1)N/N=C/c1ccc(N2CCOCC2)cc1. The Morgan fingerprint density at radius 1 is 1.14 bits per heavy atom. The van der Waals surface area contributed by atoms with Crippen LogP contribution in [0.4, 0.5) is 18.9 Å². The molecule has 1 N–H and O–H groups in total. The molecule has 1 amide bonds. The second kappa shape index (κ2) is 8.88. The number of halogens is 3. The lowest BCUT2D eigenvalue weighted by Crippen LogP contribution is -2.36. The van der Waals surface area contributed by atoms with Gasteiger partial charge in [-0.15, -0.1) is 0 Å². The zero-order chi connectivity index (χ0) is 20.0. The van der Waals surface area contributed by atoms with Crippen LogP contribution >= 0.6 is 0 Å². The molecule has 2 aromatic carbocycles. The van der Waals surface area contributed by atoms with Gasteiger partial charge in [-0.05, 0) is 29.3 Å². The molecule has 0 atom stereocenters. The van der Waals surface area contributed by atoms with Crippen LogP contribution < -0.4 is 10.3 Å². The van der Waals surface area contributed by atoms with E-state index < -0.39 is 17.6 Å². The van der Waals surface area contributed by atoms with Gasteiger partial charge in [0.2, 0.25) is 5.91 Å². The molecule has 148 valence electrons. The van der Waals surface area contributed by atoms with Crippen LogP contribution in [0.3, 0.4) is 0 Å². The van der Waals surface area contributed by atoms with Crippen molar-refractivity contribution in [1.29, 1.82) is 0 Å². The number of hydrogen-bond acceptors (Lipinski definition) is 4. The lowest BCUT2D eigenvalue weighted by Gasteiger charge is -2.28. The number of hydrogen-bond donors (Lipinski definition) is 1. The van der Waals surface area contributed by atoms with Crippen molar-refractivity contribution in [2.45, 2.75) is 12.6 Å². The molecule has 1 aliphatic rings. The van der Waals surface area contributed by atoms with Gasteiger partial charge in [0.1, 0.15) is 0 Å². The molecule has 1 heterocycles. The molecule has 1 saturated heterocycles. The largest absolute Gasteiger partial charge is 0.416 e. The van der Waals surface area contributed by atoms with Crippen molar-refractivity contribution in [1.82, 2.24) is 5.43 Å². The number of amides is 1. The molecule has 1 fully saturated rings. The molecule has 0 unspecified atom stereocenters. The molecule has 3 rings (SSSR count). The van der Waals surface area contributed by atoms with Crippen molar-refractivity contribution in [3.8, 4) is 0 Å². The summed E-state index contributed by atoms with van der Waals surface area (Å²) in [6, 6.07) is 12.4. The monoisotopic (exact) mass is 391 g/mol. The molecule has 0 aliphatic carbocycles. The molecule has 5 nitrogen and oxygen atoms in total. The average molecular weight is 391 g/mol. The predicted octanol–water partition coefficient (Wildman–Crippen LogP) is 3.23. The van der Waals surface area contributed by atoms with Crippen LogP contribution in [-0.4, -0.2) is 38.4 Å². The van der Waals surface area contributed by atoms with Gasteiger partial charge in [0.15, 0.2) is 0 Å². The van der Waals surface area contributed by atoms with Crippen molar-refractivity contribution in [2.75, 3.05) is 31.2 Å². The molecule has 0 spiro atoms. The number of carbonyl (C=O) groups excluding carboxylic acids is 1. The summed E-state index contributed by atoms with van der Waals surface area (Å²) < 4.78 is 43.5. The minimum Gasteiger partial charge on any atom is -0.378 e. The van der Waals surface area contributed by atoms with E-state index in [1.165, 1.54) is 18.3 Å². The van der Waals surface area contributed by atoms with Gasteiger partial charge in [0, 0.05) is 18.8 Å². The number of hydrazone groups is 1. The third-order valence-corrected chi connectivity index (χ3v) is 4.29. The summed E-state index contributed by atoms with van der Waals surface area (Å²) in [6.45, 7) is 3.11. The highest BCUT2D eigenvalue weighted by Gasteiger charge is 2.30. The van der Waals surface area contributed by atoms with Crippen molar-refractivity contribution in [3.05, 3.63) is 65.2 Å². The summed E-state index contributed by atoms with van der Waals surface area (Å²) in [5.74, 6) is -0.486. The fourth-order valence-electron chi connectivity index (χ4n) is 2.85. The van der Waals surface area contributed by atoms with Crippen molar-refractivity contribution >= 4 is 17.8 Å². The summed E-state index contributed by atoms with van der Waals surface area (Å²) in [6.07, 6.45) is -3.12. The zero-order valence-electron chi connectivity index (χ0n) is 15.1. The Balaban J connectivity index is 1.52. The smallest absolute Gasteiger partial charge is 0.378 e. The molecular weight excluding hydrogens is 371 g/mol. The van der Waals surface area contributed by atoms with Gasteiger partial charge >= 0.3 is 6.18 Å². The van der Waals surface area contributed by atoms with Gasteiger partial charge in [-0.3, -0.25) is 4.79 Å². The second-order valence-electron chi connectivity index (χ2n) is 6.36. The van der Waals surface area contributed by atoms with Crippen LogP contribution in [0, 0.1) is 0 Å². The molecule has 0 saturated carbocycles. The average Bonchev–Trinajstić information content (AvgIpc) is 2.69. The number of benzene rings is 2. The van der Waals surface area contributed by atoms with Gasteiger partial charge in [0.05, 0.1) is 31.4 Å². The van der Waals surface area contributed by atoms with E-state index in [1.54, 1.807) is 0 Å². The van der Waals surface area contributed by atoms with E-state index in [0.717, 1.165) is 36.5 Å². The van der Waals surface area contributed by atoms with Gasteiger partial charge < -0.3 is 9.64 Å². The first-order chi connectivity index (χ1) is 13.4. The van der Waals surface area contributed by atoms with E-state index in [2.05, 4.69) is 15.4 Å². The van der Waals surface area contributed by atoms with E-state index >= 15 is 0 Å². The highest BCUT2D eigenvalue weighted by molar-refractivity contribution is 5.83. The summed E-state index contributed by atoms with van der Waals surface area (Å²) in [5, 5.41) is 3.87. The van der Waals surface area contributed by atoms with Gasteiger partial charge in [-0.1, -0.05) is 30.3 Å². The number of rotatable bonds is 5. The Kier molecular flexibility index (Phi) is 6.30. The van der Waals surface area contributed by atoms with E-state index in [9.17, 15) is 18.0 Å². The summed E-state index contributed by atoms with van der Waals surface area (Å²) in [4.78, 5) is 14.1. The van der Waals surface area contributed by atoms with E-state index in [4.69, 9.17) is 4.74 Å². The Labute approximate surface area is 160 Å². The normalized spacial score (nSPS) is 15.0. The van der Waals surface area contributed by atoms with Crippen LogP contribution in [-0.2, 0) is 22.1 Å². The number of ether oxygens (including phenoxy) is 1. The van der Waals surface area contributed by atoms with Crippen molar-refractivity contribution in [2.24, 2.45) is 5.10 Å². The predicted molar refractivity (Wildman–Crippen MR) is 100 cm³/mol. The highest BCUT2D eigenvalue weighted by atomic mass is 19.4. The summed E-state index contributed by atoms with van der Waals surface area (Å²) >= 11 is 0. The van der Waals surface area contributed by atoms with Crippen LogP contribution in [0.5, 0.6) is 0 Å². The number of carbonyl (C=O) groups is 1. The fourth-order valence-corrected chi connectivity index (χ4v) is 2.85. The molecule has 0 bridgehead atoms. The number of anilines is 1. The molecule has 28 heavy (non-hydrogen) atoms. The molecule has 8 heteroatoms. The van der Waals surface area contributed by atoms with Crippen LogP contribution in [0.2, 0.25) is 0 Å². The first-order valence-corrected chi connectivity index (χ1v) is 8.82. The zero-order valence-corrected chi connectivity index (χ0v) is 15.1.